The van der Waals surface area contributed by atoms with Gasteiger partial charge in [-0.1, -0.05) is 12.1 Å². The highest BCUT2D eigenvalue weighted by molar-refractivity contribution is 7.84. The maximum atomic E-state index is 12.5. The Balaban J connectivity index is 0.000000552. The van der Waals surface area contributed by atoms with Gasteiger partial charge in [-0.05, 0) is 32.0 Å². The number of aromatic nitrogens is 3. The zero-order chi connectivity index (χ0) is 19.1. The topological polar surface area (TPSA) is 84.9 Å². The molecule has 3 rings (SSSR count). The zero-order valence-electron chi connectivity index (χ0n) is 14.2. The number of hydrogen-bond acceptors (Lipinski definition) is 5. The second kappa shape index (κ2) is 9.14. The van der Waals surface area contributed by atoms with Crippen LogP contribution >= 0.6 is 0 Å². The molecule has 0 amide bonds. The van der Waals surface area contributed by atoms with Gasteiger partial charge >= 0.3 is 6.29 Å². The quantitative estimate of drug-likeness (QED) is 0.675. The molecule has 2 heterocycles. The Labute approximate surface area is 151 Å². The number of hydrogen-bond donors (Lipinski definition) is 1. The van der Waals surface area contributed by atoms with Crippen molar-refractivity contribution in [3.8, 4) is 5.75 Å². The molecule has 0 aliphatic rings. The van der Waals surface area contributed by atoms with Gasteiger partial charge in [0, 0.05) is 11.8 Å². The van der Waals surface area contributed by atoms with Crippen LogP contribution in [-0.2, 0) is 16.6 Å². The van der Waals surface area contributed by atoms with E-state index in [2.05, 4.69) is 15.0 Å². The predicted molar refractivity (Wildman–Crippen MR) is 94.0 cm³/mol. The van der Waals surface area contributed by atoms with Crippen LogP contribution in [0.3, 0.4) is 0 Å². The number of carbonyl (C=O) groups is 1. The Morgan fingerprint density at radius 2 is 1.96 bits per heavy atom. The van der Waals surface area contributed by atoms with E-state index in [1.807, 2.05) is 44.2 Å². The Morgan fingerprint density at radius 1 is 1.27 bits per heavy atom. The summed E-state index contributed by atoms with van der Waals surface area (Å²) in [7, 11) is -1.27. The molecule has 138 valence electrons. The summed E-state index contributed by atoms with van der Waals surface area (Å²) in [5.74, 6) is 1.10. The summed E-state index contributed by atoms with van der Waals surface area (Å²) < 4.78 is 37.5. The fraction of sp³-hybridized carbons (Fsp3) is 0.235. The van der Waals surface area contributed by atoms with Crippen LogP contribution in [0.25, 0.3) is 11.0 Å². The predicted octanol–water partition coefficient (Wildman–Crippen LogP) is 4.02. The SMILES string of the molecule is CCOc1ccnc(CS(=O)c2nc3ccccc3[nH]2)c1C.O=C(F)F. The average molecular weight is 381 g/mol. The van der Waals surface area contributed by atoms with Gasteiger partial charge in [0.05, 0.1) is 39.9 Å². The molecule has 6 nitrogen and oxygen atoms in total. The molecule has 0 bridgehead atoms. The Bertz CT molecular complexity index is 894. The molecule has 1 N–H and O–H groups in total. The number of fused-ring (bicyclic) bond motifs is 1. The van der Waals surface area contributed by atoms with Crippen molar-refractivity contribution in [2.75, 3.05) is 6.61 Å². The molecule has 0 saturated heterocycles. The summed E-state index contributed by atoms with van der Waals surface area (Å²) in [5, 5.41) is 0.476. The molecule has 1 atom stereocenters. The maximum absolute atomic E-state index is 12.5. The molecule has 26 heavy (non-hydrogen) atoms. The van der Waals surface area contributed by atoms with Gasteiger partial charge in [-0.3, -0.25) is 9.19 Å². The van der Waals surface area contributed by atoms with Gasteiger partial charge in [0.1, 0.15) is 5.75 Å². The van der Waals surface area contributed by atoms with Gasteiger partial charge < -0.3 is 9.72 Å². The van der Waals surface area contributed by atoms with E-state index in [1.165, 1.54) is 0 Å². The molecule has 1 unspecified atom stereocenters. The number of nitrogens with zero attached hydrogens (tertiary/aromatic N) is 2. The first-order valence-electron chi connectivity index (χ1n) is 7.67. The van der Waals surface area contributed by atoms with Crippen molar-refractivity contribution in [1.29, 1.82) is 0 Å². The Morgan fingerprint density at radius 3 is 2.62 bits per heavy atom. The van der Waals surface area contributed by atoms with Crippen LogP contribution in [0.5, 0.6) is 5.75 Å². The minimum Gasteiger partial charge on any atom is -0.493 e. The van der Waals surface area contributed by atoms with Crippen molar-refractivity contribution in [2.24, 2.45) is 0 Å². The van der Waals surface area contributed by atoms with E-state index in [1.54, 1.807) is 6.20 Å². The number of imidazole rings is 1. The van der Waals surface area contributed by atoms with Crippen molar-refractivity contribution < 1.29 is 22.5 Å². The Hall–Kier alpha value is -2.68. The molecular weight excluding hydrogens is 364 g/mol. The van der Waals surface area contributed by atoms with E-state index in [4.69, 9.17) is 9.53 Å². The number of H-pyrrole nitrogens is 1. The second-order valence-electron chi connectivity index (χ2n) is 5.09. The first-order valence-corrected chi connectivity index (χ1v) is 8.99. The summed E-state index contributed by atoms with van der Waals surface area (Å²) in [6, 6.07) is 9.47. The van der Waals surface area contributed by atoms with Gasteiger partial charge in [0.15, 0.2) is 5.16 Å². The van der Waals surface area contributed by atoms with Crippen molar-refractivity contribution in [2.45, 2.75) is 24.8 Å². The van der Waals surface area contributed by atoms with E-state index < -0.39 is 17.1 Å². The van der Waals surface area contributed by atoms with Gasteiger partial charge in [-0.2, -0.15) is 0 Å². The normalized spacial score (nSPS) is 11.5. The number of rotatable bonds is 5. The molecule has 0 saturated carbocycles. The summed E-state index contributed by atoms with van der Waals surface area (Å²) in [6.45, 7) is 4.46. The van der Waals surface area contributed by atoms with Crippen LogP contribution in [0.2, 0.25) is 0 Å². The molecule has 1 aromatic carbocycles. The minimum absolute atomic E-state index is 0.312. The second-order valence-corrected chi connectivity index (χ2v) is 6.45. The number of carbonyl (C=O) groups excluding carboxylic acids is 1. The number of para-hydroxylation sites is 2. The van der Waals surface area contributed by atoms with Crippen molar-refractivity contribution in [3.63, 3.8) is 0 Å². The summed E-state index contributed by atoms with van der Waals surface area (Å²) >= 11 is 0. The number of ether oxygens (including phenoxy) is 1. The third kappa shape index (κ3) is 5.16. The molecule has 0 aliphatic heterocycles. The van der Waals surface area contributed by atoms with Crippen molar-refractivity contribution in [3.05, 3.63) is 47.8 Å². The lowest BCUT2D eigenvalue weighted by molar-refractivity contribution is 0.199. The number of nitrogens with one attached hydrogen (secondary N) is 1. The van der Waals surface area contributed by atoms with Crippen molar-refractivity contribution in [1.82, 2.24) is 15.0 Å². The monoisotopic (exact) mass is 381 g/mol. The number of pyridine rings is 1. The molecule has 0 radical (unpaired) electrons. The summed E-state index contributed by atoms with van der Waals surface area (Å²) in [5.41, 5.74) is 3.40. The maximum Gasteiger partial charge on any atom is 0.483 e. The number of benzene rings is 1. The summed E-state index contributed by atoms with van der Waals surface area (Å²) in [6.07, 6.45) is -1.15. The summed E-state index contributed by atoms with van der Waals surface area (Å²) in [4.78, 5) is 19.9. The van der Waals surface area contributed by atoms with E-state index in [0.717, 1.165) is 28.0 Å². The fourth-order valence-corrected chi connectivity index (χ4v) is 3.35. The van der Waals surface area contributed by atoms with Crippen LogP contribution in [0.1, 0.15) is 18.2 Å². The van der Waals surface area contributed by atoms with E-state index >= 15 is 0 Å². The molecular formula is C17H17F2N3O3S. The van der Waals surface area contributed by atoms with Crippen LogP contribution in [0, 0.1) is 6.92 Å². The lowest BCUT2D eigenvalue weighted by Crippen LogP contribution is -2.04. The molecule has 0 spiro atoms. The number of aromatic amines is 1. The van der Waals surface area contributed by atoms with Gasteiger partial charge in [-0.15, -0.1) is 8.78 Å². The zero-order valence-corrected chi connectivity index (χ0v) is 15.0. The van der Waals surface area contributed by atoms with Crippen LogP contribution in [-0.4, -0.2) is 32.1 Å². The van der Waals surface area contributed by atoms with Crippen LogP contribution in [0.4, 0.5) is 13.6 Å². The number of halogens is 2. The third-order valence-corrected chi connectivity index (χ3v) is 4.57. The van der Waals surface area contributed by atoms with Gasteiger partial charge in [0.2, 0.25) is 0 Å². The highest BCUT2D eigenvalue weighted by Crippen LogP contribution is 2.22. The first-order chi connectivity index (χ1) is 12.4. The lowest BCUT2D eigenvalue weighted by atomic mass is 10.2. The third-order valence-electron chi connectivity index (χ3n) is 3.41. The first kappa shape index (κ1) is 19.6. The highest BCUT2D eigenvalue weighted by Gasteiger charge is 2.14. The smallest absolute Gasteiger partial charge is 0.483 e. The molecule has 0 aliphatic carbocycles. The largest absolute Gasteiger partial charge is 0.493 e. The fourth-order valence-electron chi connectivity index (χ4n) is 2.25. The van der Waals surface area contributed by atoms with Gasteiger partial charge in [-0.25, -0.2) is 9.78 Å². The average Bonchev–Trinajstić information content (AvgIpc) is 3.02. The van der Waals surface area contributed by atoms with Crippen molar-refractivity contribution >= 4 is 28.1 Å². The van der Waals surface area contributed by atoms with Gasteiger partial charge in [0.25, 0.3) is 0 Å². The highest BCUT2D eigenvalue weighted by atomic mass is 32.2. The van der Waals surface area contributed by atoms with E-state index in [-0.39, 0.29) is 0 Å². The lowest BCUT2D eigenvalue weighted by Gasteiger charge is -2.09. The molecule has 2 aromatic heterocycles. The molecule has 3 aromatic rings. The Kier molecular flexibility index (Phi) is 6.90. The molecule has 9 heteroatoms. The van der Waals surface area contributed by atoms with E-state index in [0.29, 0.717) is 17.5 Å². The molecule has 0 fully saturated rings. The van der Waals surface area contributed by atoms with E-state index in [9.17, 15) is 13.0 Å². The standard InChI is InChI=1S/C16H17N3O2S.CF2O/c1-3-21-15-8-9-17-14(11(15)2)10-22(20)16-18-12-6-4-5-7-13(12)19-16;2-1(3)4/h4-9H,3,10H2,1-2H3,(H,18,19);. The minimum atomic E-state index is -2.83. The van der Waals surface area contributed by atoms with Crippen LogP contribution < -0.4 is 4.74 Å². The van der Waals surface area contributed by atoms with Crippen LogP contribution in [0.15, 0.2) is 41.7 Å².